The van der Waals surface area contributed by atoms with Crippen molar-refractivity contribution in [2.75, 3.05) is 13.1 Å². The lowest BCUT2D eigenvalue weighted by Crippen LogP contribution is -2.32. The van der Waals surface area contributed by atoms with Crippen LogP contribution in [0.25, 0.3) is 0 Å². The molecule has 2 unspecified atom stereocenters. The second kappa shape index (κ2) is 3.02. The van der Waals surface area contributed by atoms with Crippen molar-refractivity contribution in [2.24, 2.45) is 17.3 Å². The third-order valence-electron chi connectivity index (χ3n) is 4.22. The van der Waals surface area contributed by atoms with Crippen LogP contribution in [0.3, 0.4) is 0 Å². The summed E-state index contributed by atoms with van der Waals surface area (Å²) in [5.41, 5.74) is 0.747. The van der Waals surface area contributed by atoms with E-state index in [0.29, 0.717) is 0 Å². The van der Waals surface area contributed by atoms with Gasteiger partial charge in [-0.2, -0.15) is 0 Å². The quantitative estimate of drug-likeness (QED) is 0.666. The lowest BCUT2D eigenvalue weighted by atomic mass is 9.81. The van der Waals surface area contributed by atoms with Gasteiger partial charge in [0, 0.05) is 0 Å². The maximum atomic E-state index is 3.45. The van der Waals surface area contributed by atoms with Crippen LogP contribution >= 0.6 is 0 Å². The molecule has 12 heavy (non-hydrogen) atoms. The fourth-order valence-electron chi connectivity index (χ4n) is 3.06. The Kier molecular flexibility index (Phi) is 2.16. The molecular formula is C11H21N. The Hall–Kier alpha value is -0.0400. The van der Waals surface area contributed by atoms with Crippen LogP contribution in [0.5, 0.6) is 0 Å². The lowest BCUT2D eigenvalue weighted by Gasteiger charge is -2.29. The number of rotatable bonds is 2. The van der Waals surface area contributed by atoms with Crippen LogP contribution in [-0.4, -0.2) is 13.1 Å². The summed E-state index contributed by atoms with van der Waals surface area (Å²) < 4.78 is 0. The van der Waals surface area contributed by atoms with Gasteiger partial charge >= 0.3 is 0 Å². The largest absolute Gasteiger partial charge is 0.317 e. The smallest absolute Gasteiger partial charge is 0.00461 e. The molecule has 70 valence electrons. The second-order valence-corrected chi connectivity index (χ2v) is 4.84. The van der Waals surface area contributed by atoms with E-state index in [1.165, 1.54) is 38.8 Å². The molecule has 1 aliphatic carbocycles. The van der Waals surface area contributed by atoms with Crippen molar-refractivity contribution in [1.82, 2.24) is 5.32 Å². The van der Waals surface area contributed by atoms with Crippen molar-refractivity contribution >= 4 is 0 Å². The highest BCUT2D eigenvalue weighted by Gasteiger charge is 2.53. The van der Waals surface area contributed by atoms with E-state index >= 15 is 0 Å². The summed E-state index contributed by atoms with van der Waals surface area (Å²) in [7, 11) is 0. The maximum absolute atomic E-state index is 3.45. The molecule has 1 aliphatic heterocycles. The summed E-state index contributed by atoms with van der Waals surface area (Å²) in [4.78, 5) is 0. The van der Waals surface area contributed by atoms with Crippen LogP contribution in [0.1, 0.15) is 39.5 Å². The first kappa shape index (κ1) is 8.55. The van der Waals surface area contributed by atoms with Gasteiger partial charge in [-0.15, -0.1) is 0 Å². The highest BCUT2D eigenvalue weighted by Crippen LogP contribution is 2.60. The SMILES string of the molecule is CCC1CC1(C)C1CCNCC1. The molecule has 0 amide bonds. The van der Waals surface area contributed by atoms with Gasteiger partial charge in [0.15, 0.2) is 0 Å². The molecule has 0 aromatic carbocycles. The third-order valence-corrected chi connectivity index (χ3v) is 4.22. The van der Waals surface area contributed by atoms with Crippen LogP contribution < -0.4 is 5.32 Å². The van der Waals surface area contributed by atoms with E-state index in [1.807, 2.05) is 0 Å². The average molecular weight is 167 g/mol. The molecule has 1 saturated carbocycles. The number of hydrogen-bond donors (Lipinski definition) is 1. The topological polar surface area (TPSA) is 12.0 Å². The fourth-order valence-corrected chi connectivity index (χ4v) is 3.06. The van der Waals surface area contributed by atoms with Crippen LogP contribution in [0.2, 0.25) is 0 Å². The van der Waals surface area contributed by atoms with Crippen molar-refractivity contribution in [3.63, 3.8) is 0 Å². The molecule has 0 spiro atoms. The number of nitrogens with one attached hydrogen (secondary N) is 1. The van der Waals surface area contributed by atoms with Gasteiger partial charge in [-0.05, 0) is 49.6 Å². The highest BCUT2D eigenvalue weighted by atomic mass is 14.9. The Morgan fingerprint density at radius 2 is 2.00 bits per heavy atom. The molecule has 0 aromatic rings. The second-order valence-electron chi connectivity index (χ2n) is 4.84. The summed E-state index contributed by atoms with van der Waals surface area (Å²) in [6, 6.07) is 0. The molecule has 2 rings (SSSR count). The van der Waals surface area contributed by atoms with Crippen molar-refractivity contribution in [1.29, 1.82) is 0 Å². The minimum absolute atomic E-state index is 0.747. The molecule has 2 aliphatic rings. The Bertz CT molecular complexity index is 160. The molecule has 1 N–H and O–H groups in total. The standard InChI is InChI=1S/C11H21N/c1-3-9-8-11(9,2)10-4-6-12-7-5-10/h9-10,12H,3-8H2,1-2H3. The zero-order valence-corrected chi connectivity index (χ0v) is 8.40. The summed E-state index contributed by atoms with van der Waals surface area (Å²) in [6.07, 6.45) is 5.76. The normalized spacial score (nSPS) is 43.0. The van der Waals surface area contributed by atoms with Crippen molar-refractivity contribution in [3.8, 4) is 0 Å². The monoisotopic (exact) mass is 167 g/mol. The molecule has 0 radical (unpaired) electrons. The van der Waals surface area contributed by atoms with E-state index < -0.39 is 0 Å². The number of piperidine rings is 1. The first-order chi connectivity index (χ1) is 5.77. The fraction of sp³-hybridized carbons (Fsp3) is 1.00. The van der Waals surface area contributed by atoms with E-state index in [4.69, 9.17) is 0 Å². The van der Waals surface area contributed by atoms with Crippen molar-refractivity contribution in [2.45, 2.75) is 39.5 Å². The molecule has 1 heteroatoms. The molecule has 1 saturated heterocycles. The molecule has 2 atom stereocenters. The molecule has 2 fully saturated rings. The number of hydrogen-bond acceptors (Lipinski definition) is 1. The van der Waals surface area contributed by atoms with Gasteiger partial charge in [-0.1, -0.05) is 20.3 Å². The Labute approximate surface area is 75.9 Å². The van der Waals surface area contributed by atoms with Crippen LogP contribution in [0.4, 0.5) is 0 Å². The summed E-state index contributed by atoms with van der Waals surface area (Å²) in [5, 5.41) is 3.45. The Morgan fingerprint density at radius 1 is 1.33 bits per heavy atom. The Balaban J connectivity index is 1.91. The summed E-state index contributed by atoms with van der Waals surface area (Å²) >= 11 is 0. The van der Waals surface area contributed by atoms with Crippen LogP contribution in [-0.2, 0) is 0 Å². The highest BCUT2D eigenvalue weighted by molar-refractivity contribution is 5.03. The van der Waals surface area contributed by atoms with Crippen LogP contribution in [0.15, 0.2) is 0 Å². The predicted octanol–water partition coefficient (Wildman–Crippen LogP) is 2.42. The van der Waals surface area contributed by atoms with Gasteiger partial charge in [-0.25, -0.2) is 0 Å². The molecule has 0 bridgehead atoms. The molecule has 1 nitrogen and oxygen atoms in total. The first-order valence-corrected chi connectivity index (χ1v) is 5.48. The van der Waals surface area contributed by atoms with E-state index in [0.717, 1.165) is 17.3 Å². The predicted molar refractivity (Wildman–Crippen MR) is 52.1 cm³/mol. The van der Waals surface area contributed by atoms with Gasteiger partial charge in [-0.3, -0.25) is 0 Å². The molecule has 1 heterocycles. The van der Waals surface area contributed by atoms with Gasteiger partial charge in [0.05, 0.1) is 0 Å². The van der Waals surface area contributed by atoms with Crippen molar-refractivity contribution < 1.29 is 0 Å². The lowest BCUT2D eigenvalue weighted by molar-refractivity contribution is 0.236. The van der Waals surface area contributed by atoms with E-state index in [-0.39, 0.29) is 0 Å². The van der Waals surface area contributed by atoms with Crippen LogP contribution in [0, 0.1) is 17.3 Å². The summed E-state index contributed by atoms with van der Waals surface area (Å²) in [6.45, 7) is 7.38. The van der Waals surface area contributed by atoms with Gasteiger partial charge in [0.2, 0.25) is 0 Å². The summed E-state index contributed by atoms with van der Waals surface area (Å²) in [5.74, 6) is 2.09. The van der Waals surface area contributed by atoms with E-state index in [1.54, 1.807) is 0 Å². The van der Waals surface area contributed by atoms with E-state index in [2.05, 4.69) is 19.2 Å². The molecular weight excluding hydrogens is 146 g/mol. The zero-order valence-electron chi connectivity index (χ0n) is 8.40. The zero-order chi connectivity index (χ0) is 8.60. The Morgan fingerprint density at radius 3 is 2.50 bits per heavy atom. The van der Waals surface area contributed by atoms with Crippen molar-refractivity contribution in [3.05, 3.63) is 0 Å². The van der Waals surface area contributed by atoms with Gasteiger partial charge in [0.1, 0.15) is 0 Å². The van der Waals surface area contributed by atoms with E-state index in [9.17, 15) is 0 Å². The maximum Gasteiger partial charge on any atom is -0.00461 e. The molecule has 0 aromatic heterocycles. The third kappa shape index (κ3) is 1.28. The minimum atomic E-state index is 0.747. The van der Waals surface area contributed by atoms with Gasteiger partial charge < -0.3 is 5.32 Å². The van der Waals surface area contributed by atoms with Gasteiger partial charge in [0.25, 0.3) is 0 Å². The average Bonchev–Trinajstić information content (AvgIpc) is 2.81. The minimum Gasteiger partial charge on any atom is -0.317 e. The first-order valence-electron chi connectivity index (χ1n) is 5.48.